The Kier molecular flexibility index (Phi) is 4.67. The number of nitrogens with one attached hydrogen (secondary N) is 1. The number of benzene rings is 1. The molecule has 2 fully saturated rings. The zero-order chi connectivity index (χ0) is 15.4. The first-order valence-corrected chi connectivity index (χ1v) is 8.29. The van der Waals surface area contributed by atoms with Crippen LogP contribution in [-0.4, -0.2) is 31.8 Å². The molecular weight excluding hydrogens is 278 g/mol. The van der Waals surface area contributed by atoms with Crippen LogP contribution in [0.3, 0.4) is 0 Å². The summed E-state index contributed by atoms with van der Waals surface area (Å²) in [6.45, 7) is 4.21. The number of hydrogen-bond acceptors (Lipinski definition) is 3. The Morgan fingerprint density at radius 1 is 1.36 bits per heavy atom. The summed E-state index contributed by atoms with van der Waals surface area (Å²) >= 11 is 0. The topological polar surface area (TPSA) is 47.6 Å². The molecule has 1 saturated heterocycles. The Bertz CT molecular complexity index is 496. The van der Waals surface area contributed by atoms with Crippen LogP contribution in [0.5, 0.6) is 5.75 Å². The Morgan fingerprint density at radius 3 is 2.77 bits per heavy atom. The first kappa shape index (κ1) is 15.3. The van der Waals surface area contributed by atoms with Gasteiger partial charge < -0.3 is 14.8 Å². The third kappa shape index (κ3) is 3.43. The Balaban J connectivity index is 1.47. The van der Waals surface area contributed by atoms with Gasteiger partial charge in [-0.05, 0) is 43.2 Å². The van der Waals surface area contributed by atoms with Crippen molar-refractivity contribution in [1.29, 1.82) is 0 Å². The summed E-state index contributed by atoms with van der Waals surface area (Å²) in [5.41, 5.74) is 0.237. The monoisotopic (exact) mass is 303 g/mol. The number of carbonyl (C=O) groups excluding carboxylic acids is 1. The quantitative estimate of drug-likeness (QED) is 0.879. The molecule has 120 valence electrons. The fourth-order valence-corrected chi connectivity index (χ4v) is 3.33. The molecule has 1 heterocycles. The van der Waals surface area contributed by atoms with Crippen LogP contribution in [0.15, 0.2) is 30.3 Å². The van der Waals surface area contributed by atoms with Crippen molar-refractivity contribution in [3.63, 3.8) is 0 Å². The van der Waals surface area contributed by atoms with Gasteiger partial charge in [-0.15, -0.1) is 0 Å². The molecule has 2 atom stereocenters. The second-order valence-electron chi connectivity index (χ2n) is 6.47. The standard InChI is InChI=1S/C18H25NO3/c1-2-14(13-22-15-6-4-3-5-7-15)19-17(20)16-12-18(16)8-10-21-11-9-18/h3-7,14,16H,2,8-13H2,1H3,(H,19,20). The van der Waals surface area contributed by atoms with Gasteiger partial charge in [0.1, 0.15) is 12.4 Å². The highest BCUT2D eigenvalue weighted by atomic mass is 16.5. The highest BCUT2D eigenvalue weighted by molar-refractivity contribution is 5.82. The van der Waals surface area contributed by atoms with E-state index in [0.29, 0.717) is 6.61 Å². The zero-order valence-electron chi connectivity index (χ0n) is 13.2. The number of para-hydroxylation sites is 1. The summed E-state index contributed by atoms with van der Waals surface area (Å²) in [5, 5.41) is 3.17. The number of ether oxygens (including phenoxy) is 2. The van der Waals surface area contributed by atoms with Gasteiger partial charge in [0.05, 0.1) is 6.04 Å². The highest BCUT2D eigenvalue weighted by Gasteiger charge is 2.58. The lowest BCUT2D eigenvalue weighted by molar-refractivity contribution is -0.124. The minimum Gasteiger partial charge on any atom is -0.491 e. The Labute approximate surface area is 132 Å². The molecule has 3 rings (SSSR count). The van der Waals surface area contributed by atoms with Crippen LogP contribution in [0.1, 0.15) is 32.6 Å². The van der Waals surface area contributed by atoms with E-state index in [9.17, 15) is 4.79 Å². The molecule has 2 aliphatic rings. The van der Waals surface area contributed by atoms with E-state index < -0.39 is 0 Å². The molecule has 0 radical (unpaired) electrons. The second-order valence-corrected chi connectivity index (χ2v) is 6.47. The van der Waals surface area contributed by atoms with Gasteiger partial charge in [-0.1, -0.05) is 25.1 Å². The van der Waals surface area contributed by atoms with Crippen molar-refractivity contribution in [3.05, 3.63) is 30.3 Å². The molecule has 1 amide bonds. The maximum absolute atomic E-state index is 12.5. The molecular formula is C18H25NO3. The molecule has 1 aliphatic heterocycles. The summed E-state index contributed by atoms with van der Waals surface area (Å²) in [7, 11) is 0. The second kappa shape index (κ2) is 6.69. The summed E-state index contributed by atoms with van der Waals surface area (Å²) in [5.74, 6) is 1.23. The summed E-state index contributed by atoms with van der Waals surface area (Å²) in [6, 6.07) is 9.82. The van der Waals surface area contributed by atoms with Crippen LogP contribution in [0.4, 0.5) is 0 Å². The summed E-state index contributed by atoms with van der Waals surface area (Å²) < 4.78 is 11.2. The van der Waals surface area contributed by atoms with Crippen LogP contribution in [-0.2, 0) is 9.53 Å². The van der Waals surface area contributed by atoms with E-state index in [1.165, 1.54) is 0 Å². The third-order valence-electron chi connectivity index (χ3n) is 5.03. The molecule has 1 aromatic carbocycles. The van der Waals surface area contributed by atoms with Crippen molar-refractivity contribution in [3.8, 4) is 5.75 Å². The predicted molar refractivity (Wildman–Crippen MR) is 84.8 cm³/mol. The van der Waals surface area contributed by atoms with Gasteiger partial charge >= 0.3 is 0 Å². The molecule has 22 heavy (non-hydrogen) atoms. The van der Waals surface area contributed by atoms with E-state index in [2.05, 4.69) is 12.2 Å². The molecule has 1 aromatic rings. The fraction of sp³-hybridized carbons (Fsp3) is 0.611. The van der Waals surface area contributed by atoms with Gasteiger partial charge in [-0.3, -0.25) is 4.79 Å². The number of carbonyl (C=O) groups is 1. The van der Waals surface area contributed by atoms with E-state index in [4.69, 9.17) is 9.47 Å². The van der Waals surface area contributed by atoms with Crippen molar-refractivity contribution in [2.75, 3.05) is 19.8 Å². The van der Waals surface area contributed by atoms with Crippen LogP contribution < -0.4 is 10.1 Å². The molecule has 1 saturated carbocycles. The Morgan fingerprint density at radius 2 is 2.09 bits per heavy atom. The summed E-state index contributed by atoms with van der Waals surface area (Å²) in [6.07, 6.45) is 3.96. The van der Waals surface area contributed by atoms with Crippen molar-refractivity contribution in [2.45, 2.75) is 38.6 Å². The van der Waals surface area contributed by atoms with Crippen molar-refractivity contribution in [1.82, 2.24) is 5.32 Å². The van der Waals surface area contributed by atoms with Crippen LogP contribution in [0.2, 0.25) is 0 Å². The average Bonchev–Trinajstić information content (AvgIpc) is 3.26. The van der Waals surface area contributed by atoms with E-state index in [1.54, 1.807) is 0 Å². The number of rotatable bonds is 6. The Hall–Kier alpha value is -1.55. The SMILES string of the molecule is CCC(COc1ccccc1)NC(=O)C1CC12CCOCC2. The molecule has 1 aliphatic carbocycles. The zero-order valence-corrected chi connectivity index (χ0v) is 13.2. The molecule has 2 unspecified atom stereocenters. The smallest absolute Gasteiger partial charge is 0.224 e. The first-order valence-electron chi connectivity index (χ1n) is 8.29. The molecule has 0 aromatic heterocycles. The van der Waals surface area contributed by atoms with Crippen LogP contribution in [0.25, 0.3) is 0 Å². The van der Waals surface area contributed by atoms with E-state index >= 15 is 0 Å². The van der Waals surface area contributed by atoms with Gasteiger partial charge in [0.2, 0.25) is 5.91 Å². The first-order chi connectivity index (χ1) is 10.7. The van der Waals surface area contributed by atoms with Gasteiger partial charge in [-0.2, -0.15) is 0 Å². The lowest BCUT2D eigenvalue weighted by Crippen LogP contribution is -2.40. The van der Waals surface area contributed by atoms with Crippen LogP contribution in [0, 0.1) is 11.3 Å². The highest BCUT2D eigenvalue weighted by Crippen LogP contribution is 2.59. The molecule has 4 heteroatoms. The van der Waals surface area contributed by atoms with E-state index in [0.717, 1.165) is 44.6 Å². The van der Waals surface area contributed by atoms with E-state index in [1.807, 2.05) is 30.3 Å². The van der Waals surface area contributed by atoms with Gasteiger partial charge in [0, 0.05) is 19.1 Å². The predicted octanol–water partition coefficient (Wildman–Crippen LogP) is 2.78. The van der Waals surface area contributed by atoms with Gasteiger partial charge in [-0.25, -0.2) is 0 Å². The summed E-state index contributed by atoms with van der Waals surface area (Å²) in [4.78, 5) is 12.5. The van der Waals surface area contributed by atoms with Crippen molar-refractivity contribution < 1.29 is 14.3 Å². The maximum Gasteiger partial charge on any atom is 0.224 e. The maximum atomic E-state index is 12.5. The van der Waals surface area contributed by atoms with Gasteiger partial charge in [0.15, 0.2) is 0 Å². The lowest BCUT2D eigenvalue weighted by atomic mass is 9.93. The van der Waals surface area contributed by atoms with E-state index in [-0.39, 0.29) is 23.3 Å². The largest absolute Gasteiger partial charge is 0.491 e. The number of hydrogen-bond donors (Lipinski definition) is 1. The van der Waals surface area contributed by atoms with Crippen molar-refractivity contribution in [2.24, 2.45) is 11.3 Å². The molecule has 0 bridgehead atoms. The fourth-order valence-electron chi connectivity index (χ4n) is 3.33. The molecule has 1 N–H and O–H groups in total. The minimum atomic E-state index is 0.0743. The van der Waals surface area contributed by atoms with Crippen molar-refractivity contribution >= 4 is 5.91 Å². The normalized spacial score (nSPS) is 23.8. The van der Waals surface area contributed by atoms with Gasteiger partial charge in [0.25, 0.3) is 0 Å². The third-order valence-corrected chi connectivity index (χ3v) is 5.03. The minimum absolute atomic E-state index is 0.0743. The average molecular weight is 303 g/mol. The lowest BCUT2D eigenvalue weighted by Gasteiger charge is -2.23. The van der Waals surface area contributed by atoms with Crippen LogP contribution >= 0.6 is 0 Å². The number of amides is 1. The molecule has 4 nitrogen and oxygen atoms in total. The molecule has 1 spiro atoms.